The van der Waals surface area contributed by atoms with Gasteiger partial charge < -0.3 is 9.47 Å². The molecule has 0 spiro atoms. The molecule has 8 heteroatoms. The minimum atomic E-state index is -0.701. The van der Waals surface area contributed by atoms with Crippen LogP contribution in [0.3, 0.4) is 0 Å². The van der Waals surface area contributed by atoms with Gasteiger partial charge in [-0.3, -0.25) is 14.7 Å². The van der Waals surface area contributed by atoms with E-state index in [-0.39, 0.29) is 12.5 Å². The van der Waals surface area contributed by atoms with E-state index in [1.165, 1.54) is 4.90 Å². The molecular formula is C24H25N3O4S. The average molecular weight is 452 g/mol. The number of aryl methyl sites for hydroxylation is 1. The molecule has 3 heterocycles. The van der Waals surface area contributed by atoms with Crippen molar-refractivity contribution in [1.29, 1.82) is 0 Å². The SMILES string of the molecule is CCCOC(=O)C(CC)N1C(=O)COc2ccc(-c3nc(-c4ccccn4)sc3C)cc21. The molecule has 7 nitrogen and oxygen atoms in total. The number of ether oxygens (including phenoxy) is 2. The lowest BCUT2D eigenvalue weighted by molar-refractivity contribution is -0.146. The van der Waals surface area contributed by atoms with E-state index in [4.69, 9.17) is 14.5 Å². The third-order valence-electron chi connectivity index (χ3n) is 5.21. The fourth-order valence-corrected chi connectivity index (χ4v) is 4.59. The summed E-state index contributed by atoms with van der Waals surface area (Å²) in [5.74, 6) is -0.102. The fourth-order valence-electron chi connectivity index (χ4n) is 3.68. The molecule has 166 valence electrons. The number of thiazole rings is 1. The largest absolute Gasteiger partial charge is 0.482 e. The number of benzene rings is 1. The van der Waals surface area contributed by atoms with Gasteiger partial charge in [0.25, 0.3) is 5.91 Å². The van der Waals surface area contributed by atoms with Crippen LogP contribution in [0.2, 0.25) is 0 Å². The first kappa shape index (κ1) is 22.0. The molecule has 0 N–H and O–H groups in total. The number of nitrogens with zero attached hydrogens (tertiary/aromatic N) is 3. The van der Waals surface area contributed by atoms with Gasteiger partial charge in [-0.15, -0.1) is 11.3 Å². The predicted molar refractivity (Wildman–Crippen MR) is 124 cm³/mol. The molecule has 1 aromatic carbocycles. The van der Waals surface area contributed by atoms with Crippen molar-refractivity contribution in [2.75, 3.05) is 18.1 Å². The smallest absolute Gasteiger partial charge is 0.329 e. The third-order valence-corrected chi connectivity index (χ3v) is 6.20. The number of carbonyl (C=O) groups is 2. The van der Waals surface area contributed by atoms with Gasteiger partial charge in [0, 0.05) is 16.6 Å². The van der Waals surface area contributed by atoms with Crippen LogP contribution in [-0.2, 0) is 14.3 Å². The van der Waals surface area contributed by atoms with Crippen LogP contribution in [0.4, 0.5) is 5.69 Å². The van der Waals surface area contributed by atoms with Crippen LogP contribution in [0.25, 0.3) is 22.0 Å². The van der Waals surface area contributed by atoms with E-state index in [1.807, 2.05) is 57.2 Å². The van der Waals surface area contributed by atoms with E-state index in [0.717, 1.165) is 33.3 Å². The highest BCUT2D eigenvalue weighted by molar-refractivity contribution is 7.15. The molecule has 32 heavy (non-hydrogen) atoms. The molecule has 1 unspecified atom stereocenters. The Morgan fingerprint density at radius 3 is 2.84 bits per heavy atom. The van der Waals surface area contributed by atoms with Crippen molar-refractivity contribution in [3.05, 3.63) is 47.5 Å². The molecule has 0 saturated carbocycles. The highest BCUT2D eigenvalue weighted by Gasteiger charge is 2.36. The van der Waals surface area contributed by atoms with Crippen molar-refractivity contribution in [3.8, 4) is 27.7 Å². The van der Waals surface area contributed by atoms with Crippen molar-refractivity contribution >= 4 is 28.9 Å². The number of amides is 1. The Hall–Kier alpha value is -3.26. The maximum atomic E-state index is 12.8. The topological polar surface area (TPSA) is 81.6 Å². The number of hydrogen-bond donors (Lipinski definition) is 0. The highest BCUT2D eigenvalue weighted by atomic mass is 32.1. The van der Waals surface area contributed by atoms with Gasteiger partial charge in [0.15, 0.2) is 6.61 Å². The van der Waals surface area contributed by atoms with Crippen LogP contribution in [0, 0.1) is 6.92 Å². The van der Waals surface area contributed by atoms with E-state index in [1.54, 1.807) is 17.5 Å². The van der Waals surface area contributed by atoms with Crippen LogP contribution >= 0.6 is 11.3 Å². The first-order valence-electron chi connectivity index (χ1n) is 10.7. The Balaban J connectivity index is 1.73. The van der Waals surface area contributed by atoms with Crippen molar-refractivity contribution in [1.82, 2.24) is 9.97 Å². The monoisotopic (exact) mass is 451 g/mol. The number of esters is 1. The summed E-state index contributed by atoms with van der Waals surface area (Å²) in [5, 5.41) is 0.828. The minimum Gasteiger partial charge on any atom is -0.482 e. The summed E-state index contributed by atoms with van der Waals surface area (Å²) in [5.41, 5.74) is 3.04. The van der Waals surface area contributed by atoms with Gasteiger partial charge in [-0.2, -0.15) is 0 Å². The van der Waals surface area contributed by atoms with Crippen molar-refractivity contribution in [3.63, 3.8) is 0 Å². The zero-order valence-corrected chi connectivity index (χ0v) is 19.1. The molecule has 0 radical (unpaired) electrons. The first-order chi connectivity index (χ1) is 15.5. The standard InChI is InChI=1S/C24H25N3O4S/c1-4-12-30-24(29)18(5-2)27-19-13-16(9-10-20(19)31-14-21(27)28)22-15(3)32-23(26-22)17-8-6-7-11-25-17/h6-11,13,18H,4-5,12,14H2,1-3H3. The van der Waals surface area contributed by atoms with Crippen LogP contribution < -0.4 is 9.64 Å². The van der Waals surface area contributed by atoms with E-state index in [9.17, 15) is 9.59 Å². The molecule has 0 saturated heterocycles. The third kappa shape index (κ3) is 4.23. The Kier molecular flexibility index (Phi) is 6.50. The lowest BCUT2D eigenvalue weighted by Crippen LogP contribution is -2.49. The van der Waals surface area contributed by atoms with Gasteiger partial charge >= 0.3 is 5.97 Å². The number of hydrogen-bond acceptors (Lipinski definition) is 7. The molecule has 2 aromatic heterocycles. The molecule has 1 atom stereocenters. The number of pyridine rings is 1. The van der Waals surface area contributed by atoms with Gasteiger partial charge in [0.1, 0.15) is 16.8 Å². The maximum absolute atomic E-state index is 12.8. The Labute approximate surface area is 191 Å². The molecule has 4 rings (SSSR count). The van der Waals surface area contributed by atoms with Gasteiger partial charge in [0.2, 0.25) is 0 Å². The lowest BCUT2D eigenvalue weighted by Gasteiger charge is -2.34. The van der Waals surface area contributed by atoms with E-state index >= 15 is 0 Å². The molecule has 1 aliphatic rings. The molecule has 1 aliphatic heterocycles. The Morgan fingerprint density at radius 2 is 2.12 bits per heavy atom. The van der Waals surface area contributed by atoms with Gasteiger partial charge in [-0.1, -0.05) is 19.9 Å². The molecular weight excluding hydrogens is 426 g/mol. The second-order valence-corrected chi connectivity index (χ2v) is 8.67. The molecule has 0 fully saturated rings. The summed E-state index contributed by atoms with van der Waals surface area (Å²) in [7, 11) is 0. The second kappa shape index (κ2) is 9.48. The summed E-state index contributed by atoms with van der Waals surface area (Å²) < 4.78 is 11.0. The molecule has 0 bridgehead atoms. The quantitative estimate of drug-likeness (QED) is 0.487. The zero-order valence-electron chi connectivity index (χ0n) is 18.3. The van der Waals surface area contributed by atoms with Crippen molar-refractivity contribution < 1.29 is 19.1 Å². The molecule has 0 aliphatic carbocycles. The number of aromatic nitrogens is 2. The van der Waals surface area contributed by atoms with E-state index in [2.05, 4.69) is 4.98 Å². The maximum Gasteiger partial charge on any atom is 0.329 e. The summed E-state index contributed by atoms with van der Waals surface area (Å²) in [4.78, 5) is 37.2. The Bertz CT molecular complexity index is 1130. The summed E-state index contributed by atoms with van der Waals surface area (Å²) in [6, 6.07) is 10.6. The fraction of sp³-hybridized carbons (Fsp3) is 0.333. The van der Waals surface area contributed by atoms with Gasteiger partial charge in [0.05, 0.1) is 23.7 Å². The zero-order chi connectivity index (χ0) is 22.7. The Morgan fingerprint density at radius 1 is 1.28 bits per heavy atom. The summed E-state index contributed by atoms with van der Waals surface area (Å²) in [6.45, 7) is 6.03. The minimum absolute atomic E-state index is 0.108. The van der Waals surface area contributed by atoms with Crippen LogP contribution in [0.1, 0.15) is 31.6 Å². The molecule has 3 aromatic rings. The van der Waals surface area contributed by atoms with Crippen molar-refractivity contribution in [2.24, 2.45) is 0 Å². The van der Waals surface area contributed by atoms with E-state index in [0.29, 0.717) is 24.5 Å². The number of rotatable bonds is 7. The van der Waals surface area contributed by atoms with Crippen LogP contribution in [-0.4, -0.2) is 41.1 Å². The lowest BCUT2D eigenvalue weighted by atomic mass is 10.1. The second-order valence-electron chi connectivity index (χ2n) is 7.47. The van der Waals surface area contributed by atoms with Gasteiger partial charge in [-0.05, 0) is 50.1 Å². The summed E-state index contributed by atoms with van der Waals surface area (Å²) in [6.07, 6.45) is 2.91. The number of anilines is 1. The molecule has 1 amide bonds. The predicted octanol–water partition coefficient (Wildman–Crippen LogP) is 4.64. The van der Waals surface area contributed by atoms with Crippen LogP contribution in [0.5, 0.6) is 5.75 Å². The highest BCUT2D eigenvalue weighted by Crippen LogP contribution is 2.40. The van der Waals surface area contributed by atoms with Crippen LogP contribution in [0.15, 0.2) is 42.6 Å². The number of carbonyl (C=O) groups excluding carboxylic acids is 2. The first-order valence-corrected chi connectivity index (χ1v) is 11.5. The average Bonchev–Trinajstić information content (AvgIpc) is 3.21. The number of fused-ring (bicyclic) bond motifs is 1. The normalized spacial score (nSPS) is 14.0. The summed E-state index contributed by atoms with van der Waals surface area (Å²) >= 11 is 1.57. The van der Waals surface area contributed by atoms with E-state index < -0.39 is 12.0 Å². The van der Waals surface area contributed by atoms with Gasteiger partial charge in [-0.25, -0.2) is 9.78 Å². The van der Waals surface area contributed by atoms with Crippen molar-refractivity contribution in [2.45, 2.75) is 39.7 Å².